The molecule has 1 aliphatic rings. The Kier molecular flexibility index (Phi) is 3.74. The minimum absolute atomic E-state index is 0.191. The maximum atomic E-state index is 8.96. The van der Waals surface area contributed by atoms with Gasteiger partial charge < -0.3 is 10.1 Å². The van der Waals surface area contributed by atoms with E-state index < -0.39 is 0 Å². The molecule has 0 bridgehead atoms. The van der Waals surface area contributed by atoms with Crippen molar-refractivity contribution < 1.29 is 4.74 Å². The molecule has 0 amide bonds. The molecule has 0 spiro atoms. The van der Waals surface area contributed by atoms with E-state index in [1.54, 1.807) is 19.2 Å². The second-order valence-electron chi connectivity index (χ2n) is 5.16. The van der Waals surface area contributed by atoms with Gasteiger partial charge in [-0.25, -0.2) is 0 Å². The van der Waals surface area contributed by atoms with E-state index in [0.29, 0.717) is 11.3 Å². The summed E-state index contributed by atoms with van der Waals surface area (Å²) in [4.78, 5) is 4.53. The Balaban J connectivity index is 1.90. The van der Waals surface area contributed by atoms with E-state index >= 15 is 0 Å². The second-order valence-corrected chi connectivity index (χ2v) is 5.16. The highest BCUT2D eigenvalue weighted by molar-refractivity contribution is 5.60. The first-order valence-electron chi connectivity index (χ1n) is 7.10. The predicted molar refractivity (Wildman–Crippen MR) is 81.2 cm³/mol. The third-order valence-electron chi connectivity index (χ3n) is 3.86. The van der Waals surface area contributed by atoms with Gasteiger partial charge in [0.25, 0.3) is 0 Å². The summed E-state index contributed by atoms with van der Waals surface area (Å²) in [5.74, 6) is 0.692. The molecule has 1 heterocycles. The molecule has 2 aromatic rings. The van der Waals surface area contributed by atoms with Crippen molar-refractivity contribution in [1.29, 1.82) is 5.26 Å². The highest BCUT2D eigenvalue weighted by Gasteiger charge is 2.22. The molecule has 1 N–H and O–H groups in total. The van der Waals surface area contributed by atoms with Crippen molar-refractivity contribution in [2.24, 2.45) is 0 Å². The van der Waals surface area contributed by atoms with E-state index in [0.717, 1.165) is 30.6 Å². The number of ether oxygens (including phenoxy) is 1. The molecule has 3 rings (SSSR count). The van der Waals surface area contributed by atoms with E-state index in [4.69, 9.17) is 10.00 Å². The van der Waals surface area contributed by atoms with Gasteiger partial charge in [-0.3, -0.25) is 4.98 Å². The number of nitrogens with zero attached hydrogens (tertiary/aromatic N) is 2. The van der Waals surface area contributed by atoms with E-state index in [1.807, 2.05) is 18.3 Å². The fraction of sp³-hybridized carbons (Fsp3) is 0.294. The van der Waals surface area contributed by atoms with Gasteiger partial charge in [-0.15, -0.1) is 0 Å². The summed E-state index contributed by atoms with van der Waals surface area (Å²) in [5.41, 5.74) is 3.93. The molecule has 1 aromatic carbocycles. The smallest absolute Gasteiger partial charge is 0.143 e. The number of methoxy groups -OCH3 is 1. The fourth-order valence-electron chi connectivity index (χ4n) is 2.82. The maximum absolute atomic E-state index is 8.96. The third-order valence-corrected chi connectivity index (χ3v) is 3.86. The molecule has 1 atom stereocenters. The summed E-state index contributed by atoms with van der Waals surface area (Å²) in [6.07, 6.45) is 5.13. The number of hydrogen-bond acceptors (Lipinski definition) is 4. The second kappa shape index (κ2) is 5.84. The number of hydrogen-bond donors (Lipinski definition) is 1. The molecule has 1 unspecified atom stereocenters. The Morgan fingerprint density at radius 1 is 1.38 bits per heavy atom. The van der Waals surface area contributed by atoms with Gasteiger partial charge in [0.2, 0.25) is 0 Å². The SMILES string of the molecule is COc1cc(C#N)ccc1NC1CCCc2cccnc21. The van der Waals surface area contributed by atoms with E-state index in [-0.39, 0.29) is 6.04 Å². The number of fused-ring (bicyclic) bond motifs is 1. The highest BCUT2D eigenvalue weighted by Crippen LogP contribution is 2.34. The molecule has 0 aliphatic heterocycles. The number of pyridine rings is 1. The van der Waals surface area contributed by atoms with Crippen molar-refractivity contribution >= 4 is 5.69 Å². The topological polar surface area (TPSA) is 57.9 Å². The van der Waals surface area contributed by atoms with Crippen LogP contribution in [0.1, 0.15) is 35.7 Å². The van der Waals surface area contributed by atoms with E-state index in [2.05, 4.69) is 22.4 Å². The minimum Gasteiger partial charge on any atom is -0.495 e. The summed E-state index contributed by atoms with van der Waals surface area (Å²) in [6, 6.07) is 11.9. The summed E-state index contributed by atoms with van der Waals surface area (Å²) >= 11 is 0. The molecular weight excluding hydrogens is 262 g/mol. The first kappa shape index (κ1) is 13.4. The standard InChI is InChI=1S/C17H17N3O/c1-21-16-10-12(11-18)7-8-14(16)20-15-6-2-4-13-5-3-9-19-17(13)15/h3,5,7-10,15,20H,2,4,6H2,1H3. The zero-order chi connectivity index (χ0) is 14.7. The lowest BCUT2D eigenvalue weighted by atomic mass is 9.91. The monoisotopic (exact) mass is 279 g/mol. The number of aryl methyl sites for hydroxylation is 1. The summed E-state index contributed by atoms with van der Waals surface area (Å²) in [6.45, 7) is 0. The Labute approximate surface area is 124 Å². The lowest BCUT2D eigenvalue weighted by molar-refractivity contribution is 0.415. The van der Waals surface area contributed by atoms with Crippen molar-refractivity contribution in [1.82, 2.24) is 4.98 Å². The van der Waals surface area contributed by atoms with Crippen LogP contribution in [-0.2, 0) is 6.42 Å². The Morgan fingerprint density at radius 3 is 3.10 bits per heavy atom. The molecule has 106 valence electrons. The van der Waals surface area contributed by atoms with Gasteiger partial charge in [0.1, 0.15) is 5.75 Å². The summed E-state index contributed by atoms with van der Waals surface area (Å²) < 4.78 is 5.38. The zero-order valence-electron chi connectivity index (χ0n) is 12.0. The van der Waals surface area contributed by atoms with Gasteiger partial charge in [0, 0.05) is 12.3 Å². The van der Waals surface area contributed by atoms with E-state index in [9.17, 15) is 0 Å². The maximum Gasteiger partial charge on any atom is 0.143 e. The van der Waals surface area contributed by atoms with Crippen LogP contribution in [0.3, 0.4) is 0 Å². The van der Waals surface area contributed by atoms with Crippen molar-refractivity contribution in [3.63, 3.8) is 0 Å². The largest absolute Gasteiger partial charge is 0.495 e. The van der Waals surface area contributed by atoms with Crippen LogP contribution in [0.5, 0.6) is 5.75 Å². The number of nitrogens with one attached hydrogen (secondary N) is 1. The Morgan fingerprint density at radius 2 is 2.29 bits per heavy atom. The molecular formula is C17H17N3O. The average Bonchev–Trinajstić information content (AvgIpc) is 2.55. The van der Waals surface area contributed by atoms with Gasteiger partial charge in [-0.05, 0) is 43.0 Å². The molecule has 0 saturated heterocycles. The molecule has 4 heteroatoms. The van der Waals surface area contributed by atoms with Crippen molar-refractivity contribution in [3.8, 4) is 11.8 Å². The van der Waals surface area contributed by atoms with Gasteiger partial charge in [-0.1, -0.05) is 6.07 Å². The summed E-state index contributed by atoms with van der Waals surface area (Å²) in [7, 11) is 1.62. The van der Waals surface area contributed by atoms with Crippen LogP contribution in [0.4, 0.5) is 5.69 Å². The predicted octanol–water partition coefficient (Wildman–Crippen LogP) is 3.45. The number of anilines is 1. The first-order chi connectivity index (χ1) is 10.3. The van der Waals surface area contributed by atoms with Crippen LogP contribution in [-0.4, -0.2) is 12.1 Å². The van der Waals surface area contributed by atoms with Crippen molar-refractivity contribution in [2.75, 3.05) is 12.4 Å². The van der Waals surface area contributed by atoms with Crippen LogP contribution >= 0.6 is 0 Å². The third kappa shape index (κ3) is 2.68. The Hall–Kier alpha value is -2.54. The van der Waals surface area contributed by atoms with Gasteiger partial charge in [-0.2, -0.15) is 5.26 Å². The first-order valence-corrected chi connectivity index (χ1v) is 7.10. The molecule has 0 fully saturated rings. The van der Waals surface area contributed by atoms with Gasteiger partial charge >= 0.3 is 0 Å². The quantitative estimate of drug-likeness (QED) is 0.935. The van der Waals surface area contributed by atoms with Crippen LogP contribution in [0.15, 0.2) is 36.5 Å². The lowest BCUT2D eigenvalue weighted by Gasteiger charge is -2.26. The molecule has 4 nitrogen and oxygen atoms in total. The normalized spacial score (nSPS) is 16.7. The lowest BCUT2D eigenvalue weighted by Crippen LogP contribution is -2.19. The molecule has 0 saturated carbocycles. The number of nitriles is 1. The van der Waals surface area contributed by atoms with Gasteiger partial charge in [0.05, 0.1) is 36.2 Å². The summed E-state index contributed by atoms with van der Waals surface area (Å²) in [5, 5.41) is 12.5. The van der Waals surface area contributed by atoms with Crippen LogP contribution in [0.25, 0.3) is 0 Å². The zero-order valence-corrected chi connectivity index (χ0v) is 12.0. The fourth-order valence-corrected chi connectivity index (χ4v) is 2.82. The number of benzene rings is 1. The molecule has 0 radical (unpaired) electrons. The molecule has 21 heavy (non-hydrogen) atoms. The number of rotatable bonds is 3. The van der Waals surface area contributed by atoms with Crippen LogP contribution < -0.4 is 10.1 Å². The van der Waals surface area contributed by atoms with Crippen molar-refractivity contribution in [2.45, 2.75) is 25.3 Å². The minimum atomic E-state index is 0.191. The van der Waals surface area contributed by atoms with E-state index in [1.165, 1.54) is 5.56 Å². The number of aromatic nitrogens is 1. The molecule has 1 aliphatic carbocycles. The molecule has 1 aromatic heterocycles. The van der Waals surface area contributed by atoms with Crippen LogP contribution in [0.2, 0.25) is 0 Å². The van der Waals surface area contributed by atoms with Crippen molar-refractivity contribution in [3.05, 3.63) is 53.3 Å². The van der Waals surface area contributed by atoms with Gasteiger partial charge in [0.15, 0.2) is 0 Å². The highest BCUT2D eigenvalue weighted by atomic mass is 16.5. The van der Waals surface area contributed by atoms with Crippen LogP contribution in [0, 0.1) is 11.3 Å². The Bertz CT molecular complexity index is 691. The average molecular weight is 279 g/mol.